The number of nitrogens with zero attached hydrogens (tertiary/aromatic N) is 1. The molecule has 1 aliphatic rings. The third-order valence-corrected chi connectivity index (χ3v) is 7.37. The van der Waals surface area contributed by atoms with Gasteiger partial charge in [0.15, 0.2) is 0 Å². The number of carbonyl (C=O) groups excluding carboxylic acids is 1. The molecule has 0 bridgehead atoms. The van der Waals surface area contributed by atoms with E-state index in [1.165, 1.54) is 5.56 Å². The normalized spacial score (nSPS) is 18.6. The predicted molar refractivity (Wildman–Crippen MR) is 137 cm³/mol. The topological polar surface area (TPSA) is 75.7 Å². The van der Waals surface area contributed by atoms with E-state index in [1.807, 2.05) is 51.1 Å². The SMILES string of the molecule is C=CCc1ccccc1-c1cccc(CC2C(NS(=O)(=O)CC)CCN2C(=O)OC(C)(C)C)c1. The van der Waals surface area contributed by atoms with Crippen LogP contribution in [0, 0.1) is 0 Å². The number of hydrogen-bond donors (Lipinski definition) is 1. The number of hydrogen-bond acceptors (Lipinski definition) is 4. The van der Waals surface area contributed by atoms with Crippen molar-refractivity contribution in [1.82, 2.24) is 9.62 Å². The van der Waals surface area contributed by atoms with Gasteiger partial charge in [-0.3, -0.25) is 0 Å². The Morgan fingerprint density at radius 3 is 2.62 bits per heavy atom. The zero-order valence-corrected chi connectivity index (χ0v) is 21.4. The van der Waals surface area contributed by atoms with Gasteiger partial charge in [0.1, 0.15) is 5.60 Å². The Balaban J connectivity index is 1.91. The van der Waals surface area contributed by atoms with Crippen LogP contribution in [0.2, 0.25) is 0 Å². The van der Waals surface area contributed by atoms with E-state index in [1.54, 1.807) is 11.8 Å². The molecule has 0 saturated carbocycles. The number of carbonyl (C=O) groups is 1. The minimum Gasteiger partial charge on any atom is -0.444 e. The number of amides is 1. The fourth-order valence-corrected chi connectivity index (χ4v) is 5.25. The van der Waals surface area contributed by atoms with Crippen molar-refractivity contribution in [3.05, 3.63) is 72.3 Å². The van der Waals surface area contributed by atoms with Gasteiger partial charge >= 0.3 is 6.09 Å². The van der Waals surface area contributed by atoms with Gasteiger partial charge in [-0.2, -0.15) is 0 Å². The molecule has 1 N–H and O–H groups in total. The second-order valence-corrected chi connectivity index (χ2v) is 11.8. The standard InChI is InChI=1S/C27H36N2O4S/c1-6-11-21-13-8-9-15-23(21)22-14-10-12-20(18-22)19-25-24(28-34(31,32)7-2)16-17-29(25)26(30)33-27(3,4)5/h6,8-10,12-15,18,24-25,28H,1,7,11,16-17,19H2,2-5H3. The zero-order valence-electron chi connectivity index (χ0n) is 20.6. The first-order valence-electron chi connectivity index (χ1n) is 11.8. The van der Waals surface area contributed by atoms with Gasteiger partial charge in [-0.1, -0.05) is 54.6 Å². The van der Waals surface area contributed by atoms with Crippen molar-refractivity contribution in [2.75, 3.05) is 12.3 Å². The van der Waals surface area contributed by atoms with Crippen LogP contribution in [0.25, 0.3) is 11.1 Å². The van der Waals surface area contributed by atoms with Gasteiger partial charge in [-0.05, 0) is 69.2 Å². The quantitative estimate of drug-likeness (QED) is 0.539. The van der Waals surface area contributed by atoms with E-state index < -0.39 is 21.7 Å². The molecule has 0 spiro atoms. The third-order valence-electron chi connectivity index (χ3n) is 5.95. The average molecular weight is 485 g/mol. The van der Waals surface area contributed by atoms with Crippen molar-refractivity contribution >= 4 is 16.1 Å². The van der Waals surface area contributed by atoms with E-state index in [0.29, 0.717) is 19.4 Å². The van der Waals surface area contributed by atoms with Gasteiger partial charge in [0, 0.05) is 12.6 Å². The van der Waals surface area contributed by atoms with Crippen molar-refractivity contribution in [2.45, 2.75) is 64.6 Å². The van der Waals surface area contributed by atoms with E-state index >= 15 is 0 Å². The first-order chi connectivity index (χ1) is 16.0. The average Bonchev–Trinajstić information content (AvgIpc) is 3.15. The maximum atomic E-state index is 13.0. The Kier molecular flexibility index (Phi) is 8.21. The van der Waals surface area contributed by atoms with E-state index in [2.05, 4.69) is 35.6 Å². The molecule has 184 valence electrons. The Hall–Kier alpha value is -2.64. The minimum atomic E-state index is -3.41. The molecule has 1 saturated heterocycles. The lowest BCUT2D eigenvalue weighted by atomic mass is 9.94. The monoisotopic (exact) mass is 484 g/mol. The highest BCUT2D eigenvalue weighted by Gasteiger charge is 2.40. The number of nitrogens with one attached hydrogen (secondary N) is 1. The summed E-state index contributed by atoms with van der Waals surface area (Å²) in [7, 11) is -3.41. The largest absolute Gasteiger partial charge is 0.444 e. The number of benzene rings is 2. The molecule has 2 atom stereocenters. The molecule has 1 fully saturated rings. The van der Waals surface area contributed by atoms with Crippen LogP contribution in [0.5, 0.6) is 0 Å². The molecule has 3 rings (SSSR count). The summed E-state index contributed by atoms with van der Waals surface area (Å²) in [6, 6.07) is 15.8. The van der Waals surface area contributed by atoms with Crippen LogP contribution in [0.4, 0.5) is 4.79 Å². The molecular weight excluding hydrogens is 448 g/mol. The number of ether oxygens (including phenoxy) is 1. The molecule has 2 aromatic carbocycles. The maximum absolute atomic E-state index is 13.0. The van der Waals surface area contributed by atoms with Crippen LogP contribution in [0.15, 0.2) is 61.2 Å². The zero-order chi connectivity index (χ0) is 24.9. The van der Waals surface area contributed by atoms with Gasteiger partial charge in [0.05, 0.1) is 11.8 Å². The highest BCUT2D eigenvalue weighted by atomic mass is 32.2. The van der Waals surface area contributed by atoms with Gasteiger partial charge in [-0.25, -0.2) is 17.9 Å². The summed E-state index contributed by atoms with van der Waals surface area (Å²) in [5.41, 5.74) is 3.83. The van der Waals surface area contributed by atoms with Crippen LogP contribution in [-0.4, -0.2) is 49.4 Å². The molecule has 1 amide bonds. The Morgan fingerprint density at radius 1 is 1.21 bits per heavy atom. The molecule has 0 radical (unpaired) electrons. The Morgan fingerprint density at radius 2 is 1.94 bits per heavy atom. The Labute approximate surface area is 204 Å². The lowest BCUT2D eigenvalue weighted by Gasteiger charge is -2.31. The van der Waals surface area contributed by atoms with Gasteiger partial charge in [0.2, 0.25) is 10.0 Å². The fraction of sp³-hybridized carbons (Fsp3) is 0.444. The molecule has 6 nitrogen and oxygen atoms in total. The minimum absolute atomic E-state index is 0.00176. The van der Waals surface area contributed by atoms with Crippen LogP contribution >= 0.6 is 0 Å². The lowest BCUT2D eigenvalue weighted by molar-refractivity contribution is 0.0218. The summed E-state index contributed by atoms with van der Waals surface area (Å²) in [6.45, 7) is 11.4. The van der Waals surface area contributed by atoms with E-state index in [4.69, 9.17) is 4.74 Å². The summed E-state index contributed by atoms with van der Waals surface area (Å²) in [5.74, 6) is -0.00176. The van der Waals surface area contributed by atoms with Gasteiger partial charge in [0.25, 0.3) is 0 Å². The van der Waals surface area contributed by atoms with Crippen molar-refractivity contribution < 1.29 is 17.9 Å². The smallest absolute Gasteiger partial charge is 0.410 e. The first-order valence-corrected chi connectivity index (χ1v) is 13.5. The highest BCUT2D eigenvalue weighted by molar-refractivity contribution is 7.89. The molecule has 2 aromatic rings. The number of rotatable bonds is 8. The lowest BCUT2D eigenvalue weighted by Crippen LogP contribution is -2.49. The summed E-state index contributed by atoms with van der Waals surface area (Å²) < 4.78 is 33.1. The first kappa shape index (κ1) is 26.0. The van der Waals surface area contributed by atoms with E-state index in [0.717, 1.165) is 23.1 Å². The van der Waals surface area contributed by atoms with Crippen LogP contribution in [0.3, 0.4) is 0 Å². The van der Waals surface area contributed by atoms with E-state index in [9.17, 15) is 13.2 Å². The number of likely N-dealkylation sites (tertiary alicyclic amines) is 1. The van der Waals surface area contributed by atoms with Crippen molar-refractivity contribution in [1.29, 1.82) is 0 Å². The summed E-state index contributed by atoms with van der Waals surface area (Å²) >= 11 is 0. The van der Waals surface area contributed by atoms with Crippen LogP contribution in [0.1, 0.15) is 45.2 Å². The van der Waals surface area contributed by atoms with Crippen LogP contribution < -0.4 is 4.72 Å². The molecule has 2 unspecified atom stereocenters. The number of sulfonamides is 1. The van der Waals surface area contributed by atoms with Crippen molar-refractivity contribution in [2.24, 2.45) is 0 Å². The molecule has 0 aromatic heterocycles. The summed E-state index contributed by atoms with van der Waals surface area (Å²) in [4.78, 5) is 14.6. The summed E-state index contributed by atoms with van der Waals surface area (Å²) in [6.07, 6.45) is 3.32. The second kappa shape index (κ2) is 10.7. The third kappa shape index (κ3) is 6.70. The molecule has 34 heavy (non-hydrogen) atoms. The Bertz CT molecular complexity index is 1120. The molecule has 0 aliphatic carbocycles. The molecule has 1 heterocycles. The van der Waals surface area contributed by atoms with Crippen LogP contribution in [-0.2, 0) is 27.6 Å². The molecule has 1 aliphatic heterocycles. The van der Waals surface area contributed by atoms with Crippen molar-refractivity contribution in [3.63, 3.8) is 0 Å². The van der Waals surface area contributed by atoms with Gasteiger partial charge < -0.3 is 9.64 Å². The summed E-state index contributed by atoms with van der Waals surface area (Å²) in [5, 5.41) is 0. The highest BCUT2D eigenvalue weighted by Crippen LogP contribution is 2.29. The number of allylic oxidation sites excluding steroid dienone is 1. The molecular formula is C27H36N2O4S. The maximum Gasteiger partial charge on any atom is 0.410 e. The second-order valence-electron chi connectivity index (χ2n) is 9.71. The fourth-order valence-electron chi connectivity index (χ4n) is 4.35. The predicted octanol–water partition coefficient (Wildman–Crippen LogP) is 4.94. The van der Waals surface area contributed by atoms with E-state index in [-0.39, 0.29) is 17.8 Å². The molecule has 7 heteroatoms. The van der Waals surface area contributed by atoms with Gasteiger partial charge in [-0.15, -0.1) is 6.58 Å². The van der Waals surface area contributed by atoms with Crippen molar-refractivity contribution in [3.8, 4) is 11.1 Å².